The molecule has 7 nitrogen and oxygen atoms in total. The topological polar surface area (TPSA) is 93.1 Å². The molecule has 2 heterocycles. The van der Waals surface area contributed by atoms with E-state index in [-0.39, 0.29) is 35.7 Å². The summed E-state index contributed by atoms with van der Waals surface area (Å²) < 4.78 is 17.2. The number of imide groups is 1. The van der Waals surface area contributed by atoms with E-state index in [0.29, 0.717) is 5.06 Å². The molecule has 0 spiro atoms. The zero-order valence-electron chi connectivity index (χ0n) is 15.4. The van der Waals surface area contributed by atoms with E-state index >= 15 is 0 Å². The summed E-state index contributed by atoms with van der Waals surface area (Å²) in [6.07, 6.45) is 2.97. The predicted octanol–water partition coefficient (Wildman–Crippen LogP) is 2.91. The van der Waals surface area contributed by atoms with Crippen molar-refractivity contribution < 1.29 is 23.4 Å². The average molecular weight is 370 g/mol. The van der Waals surface area contributed by atoms with E-state index in [4.69, 9.17) is 4.84 Å². The van der Waals surface area contributed by atoms with Gasteiger partial charge in [0.15, 0.2) is 0 Å². The van der Waals surface area contributed by atoms with Gasteiger partial charge in [0.05, 0.1) is 9.73 Å². The van der Waals surface area contributed by atoms with E-state index in [1.165, 1.54) is 0 Å². The smallest absolute Gasteiger partial charge is 0.309 e. The van der Waals surface area contributed by atoms with E-state index in [1.54, 1.807) is 0 Å². The molecule has 0 bridgehead atoms. The Balaban J connectivity index is 2.32. The Labute approximate surface area is 148 Å². The van der Waals surface area contributed by atoms with E-state index in [1.807, 2.05) is 40.7 Å². The summed E-state index contributed by atoms with van der Waals surface area (Å²) in [5, 5.41) is 0.427. The number of carbonyl (C=O) groups is 3. The number of nitrogens with zero attached hydrogens (tertiary/aromatic N) is 2. The van der Waals surface area contributed by atoms with Crippen LogP contribution in [0.25, 0.3) is 0 Å². The monoisotopic (exact) mass is 370 g/mol. The minimum absolute atomic E-state index is 0.00383. The number of amides is 3. The summed E-state index contributed by atoms with van der Waals surface area (Å²) in [4.78, 5) is 40.0. The fourth-order valence-electron chi connectivity index (χ4n) is 3.01. The molecule has 8 heteroatoms. The van der Waals surface area contributed by atoms with Crippen molar-refractivity contribution in [1.29, 1.82) is 0 Å². The average Bonchev–Trinajstić information content (AvgIpc) is 2.73. The van der Waals surface area contributed by atoms with Crippen molar-refractivity contribution in [3.8, 4) is 0 Å². The minimum atomic E-state index is -2.92. The third-order valence-corrected chi connectivity index (χ3v) is 7.55. The van der Waals surface area contributed by atoms with Crippen LogP contribution in [0.5, 0.6) is 0 Å². The van der Waals surface area contributed by atoms with Crippen molar-refractivity contribution in [2.75, 3.05) is 11.5 Å². The molecule has 2 atom stereocenters. The van der Waals surface area contributed by atoms with Crippen molar-refractivity contribution >= 4 is 27.6 Å². The maximum Gasteiger partial charge on any atom is 0.466 e. The molecule has 0 aromatic rings. The summed E-state index contributed by atoms with van der Waals surface area (Å²) in [6, 6.07) is 0. The summed E-state index contributed by atoms with van der Waals surface area (Å²) in [6.45, 7) is 9.87. The van der Waals surface area contributed by atoms with Crippen LogP contribution in [0, 0.1) is 16.7 Å². The Hall–Kier alpha value is -1.70. The van der Waals surface area contributed by atoms with Gasteiger partial charge < -0.3 is 4.84 Å². The summed E-state index contributed by atoms with van der Waals surface area (Å²) in [7, 11) is -2.92. The standard InChI is InChI=1S/C17H26N2O5S/c1-12-8-9-16(2,3)10-25(23,11-17(12,4)5)18-15(22)24-19-13(20)6-7-14(19)21/h8-9,12H,6-7,10-11H2,1-5H3/b9-8-. The van der Waals surface area contributed by atoms with Gasteiger partial charge in [-0.15, -0.1) is 9.43 Å². The Morgan fingerprint density at radius 3 is 2.32 bits per heavy atom. The third-order valence-electron chi connectivity index (χ3n) is 4.68. The normalized spacial score (nSPS) is 32.7. The van der Waals surface area contributed by atoms with Crippen LogP contribution in [0.2, 0.25) is 0 Å². The van der Waals surface area contributed by atoms with Gasteiger partial charge in [-0.25, -0.2) is 9.00 Å². The van der Waals surface area contributed by atoms with Crippen LogP contribution in [0.3, 0.4) is 0 Å². The fourth-order valence-corrected chi connectivity index (χ4v) is 6.23. The quantitative estimate of drug-likeness (QED) is 0.522. The van der Waals surface area contributed by atoms with Gasteiger partial charge in [0.1, 0.15) is 0 Å². The van der Waals surface area contributed by atoms with Crippen LogP contribution < -0.4 is 0 Å². The SMILES string of the molecule is CC1/C=C\C(C)(C)CS(=O)(=NC(=O)ON2C(=O)CCC2=O)CC1(C)C. The van der Waals surface area contributed by atoms with Gasteiger partial charge in [0.25, 0.3) is 11.8 Å². The highest BCUT2D eigenvalue weighted by Crippen LogP contribution is 2.36. The molecule has 3 amide bonds. The number of allylic oxidation sites excluding steroid dienone is 2. The maximum absolute atomic E-state index is 13.4. The number of rotatable bonds is 1. The zero-order chi connectivity index (χ0) is 19.0. The lowest BCUT2D eigenvalue weighted by Gasteiger charge is -2.36. The molecule has 0 aromatic carbocycles. The van der Waals surface area contributed by atoms with Gasteiger partial charge in [0.2, 0.25) is 0 Å². The Morgan fingerprint density at radius 1 is 1.20 bits per heavy atom. The van der Waals surface area contributed by atoms with Crippen molar-refractivity contribution in [1.82, 2.24) is 5.06 Å². The van der Waals surface area contributed by atoms with E-state index in [0.717, 1.165) is 0 Å². The van der Waals surface area contributed by atoms with Crippen LogP contribution in [0.4, 0.5) is 4.79 Å². The van der Waals surface area contributed by atoms with Gasteiger partial charge in [-0.2, -0.15) is 0 Å². The number of hydroxylamine groups is 2. The summed E-state index contributed by atoms with van der Waals surface area (Å²) in [5.41, 5.74) is -0.724. The van der Waals surface area contributed by atoms with Crippen LogP contribution in [-0.2, 0) is 24.2 Å². The molecule has 0 aromatic heterocycles. The van der Waals surface area contributed by atoms with Crippen LogP contribution >= 0.6 is 0 Å². The molecular formula is C17H26N2O5S. The third kappa shape index (κ3) is 4.68. The number of carbonyl (C=O) groups excluding carboxylic acids is 3. The lowest BCUT2D eigenvalue weighted by atomic mass is 9.80. The van der Waals surface area contributed by atoms with E-state index < -0.39 is 33.1 Å². The van der Waals surface area contributed by atoms with Gasteiger partial charge in [0, 0.05) is 24.3 Å². The Morgan fingerprint density at radius 2 is 1.76 bits per heavy atom. The van der Waals surface area contributed by atoms with Gasteiger partial charge in [-0.05, 0) is 16.7 Å². The molecule has 2 unspecified atom stereocenters. The second-order valence-electron chi connectivity index (χ2n) is 8.22. The summed E-state index contributed by atoms with van der Waals surface area (Å²) >= 11 is 0. The molecule has 2 rings (SSSR count). The van der Waals surface area contributed by atoms with Gasteiger partial charge in [-0.1, -0.05) is 46.8 Å². The lowest BCUT2D eigenvalue weighted by molar-refractivity contribution is -0.170. The van der Waals surface area contributed by atoms with Crippen LogP contribution in [-0.4, -0.2) is 38.7 Å². The minimum Gasteiger partial charge on any atom is -0.309 e. The lowest BCUT2D eigenvalue weighted by Crippen LogP contribution is -2.37. The second kappa shape index (κ2) is 6.55. The van der Waals surface area contributed by atoms with Crippen molar-refractivity contribution in [2.45, 2.75) is 47.5 Å². The van der Waals surface area contributed by atoms with Gasteiger partial charge in [-0.3, -0.25) is 9.59 Å². The molecule has 0 radical (unpaired) electrons. The van der Waals surface area contributed by atoms with Gasteiger partial charge >= 0.3 is 6.09 Å². The molecule has 0 aliphatic carbocycles. The maximum atomic E-state index is 13.4. The molecule has 0 N–H and O–H groups in total. The van der Waals surface area contributed by atoms with Crippen molar-refractivity contribution in [3.05, 3.63) is 12.2 Å². The van der Waals surface area contributed by atoms with Crippen molar-refractivity contribution in [3.63, 3.8) is 0 Å². The van der Waals surface area contributed by atoms with E-state index in [9.17, 15) is 18.6 Å². The molecular weight excluding hydrogens is 344 g/mol. The van der Waals surface area contributed by atoms with Crippen molar-refractivity contribution in [2.24, 2.45) is 21.1 Å². The highest BCUT2D eigenvalue weighted by Gasteiger charge is 2.37. The zero-order valence-corrected chi connectivity index (χ0v) is 16.2. The molecule has 1 fully saturated rings. The van der Waals surface area contributed by atoms with E-state index in [2.05, 4.69) is 10.4 Å². The number of hydrogen-bond acceptors (Lipinski definition) is 5. The predicted molar refractivity (Wildman–Crippen MR) is 93.7 cm³/mol. The highest BCUT2D eigenvalue weighted by atomic mass is 32.2. The molecule has 2 aliphatic heterocycles. The number of hydrogen-bond donors (Lipinski definition) is 0. The fraction of sp³-hybridized carbons (Fsp3) is 0.706. The Kier molecular flexibility index (Phi) is 5.14. The Bertz CT molecular complexity index is 728. The summed E-state index contributed by atoms with van der Waals surface area (Å²) in [5.74, 6) is -0.590. The molecule has 140 valence electrons. The van der Waals surface area contributed by atoms with Crippen LogP contribution in [0.15, 0.2) is 16.5 Å². The van der Waals surface area contributed by atoms with Crippen LogP contribution in [0.1, 0.15) is 47.5 Å². The second-order valence-corrected chi connectivity index (χ2v) is 10.5. The molecule has 2 aliphatic rings. The first kappa shape index (κ1) is 19.6. The highest BCUT2D eigenvalue weighted by molar-refractivity contribution is 7.93. The first-order valence-corrected chi connectivity index (χ1v) is 10.2. The largest absolute Gasteiger partial charge is 0.466 e. The first-order chi connectivity index (χ1) is 11.3. The first-order valence-electron chi connectivity index (χ1n) is 8.33. The molecule has 25 heavy (non-hydrogen) atoms. The molecule has 0 saturated carbocycles. The molecule has 1 saturated heterocycles.